The summed E-state index contributed by atoms with van der Waals surface area (Å²) in [5, 5.41) is 12.2. The number of fused-ring (bicyclic) bond motifs is 1. The number of nitrogens with one attached hydrogen (secondary N) is 1. The standard InChI is InChI=1S/C20H27ClN4O4/c21-16-13-18-19(29-10-2-9-28-18)14-17(16)23-20(26)15-25(4-1-3-22)6-5-24-7-11-27-12-8-24/h13-14H,1-2,4-12,15H2,(H,23,26). The van der Waals surface area contributed by atoms with Crippen LogP contribution in [0.2, 0.25) is 5.02 Å². The van der Waals surface area contributed by atoms with E-state index in [9.17, 15) is 4.79 Å². The van der Waals surface area contributed by atoms with E-state index in [1.165, 1.54) is 0 Å². The van der Waals surface area contributed by atoms with E-state index >= 15 is 0 Å². The van der Waals surface area contributed by atoms with Gasteiger partial charge in [-0.25, -0.2) is 0 Å². The summed E-state index contributed by atoms with van der Waals surface area (Å²) in [5.41, 5.74) is 0.495. The Morgan fingerprint density at radius 1 is 1.17 bits per heavy atom. The maximum Gasteiger partial charge on any atom is 0.238 e. The van der Waals surface area contributed by atoms with Crippen molar-refractivity contribution in [1.82, 2.24) is 9.80 Å². The first-order valence-corrected chi connectivity index (χ1v) is 10.3. The zero-order valence-corrected chi connectivity index (χ0v) is 17.2. The Morgan fingerprint density at radius 3 is 2.62 bits per heavy atom. The number of halogens is 1. The Bertz CT molecular complexity index is 734. The third-order valence-electron chi connectivity index (χ3n) is 4.85. The van der Waals surface area contributed by atoms with Gasteiger partial charge in [-0.15, -0.1) is 0 Å². The van der Waals surface area contributed by atoms with Gasteiger partial charge in [0.05, 0.1) is 49.8 Å². The molecule has 2 aliphatic heterocycles. The van der Waals surface area contributed by atoms with Crippen LogP contribution < -0.4 is 14.8 Å². The molecular weight excluding hydrogens is 396 g/mol. The number of amides is 1. The molecule has 2 heterocycles. The highest BCUT2D eigenvalue weighted by Crippen LogP contribution is 2.37. The summed E-state index contributed by atoms with van der Waals surface area (Å²) in [6.45, 7) is 6.69. The van der Waals surface area contributed by atoms with Crippen molar-refractivity contribution in [3.05, 3.63) is 17.2 Å². The van der Waals surface area contributed by atoms with Crippen molar-refractivity contribution in [3.63, 3.8) is 0 Å². The van der Waals surface area contributed by atoms with Gasteiger partial charge in [0.25, 0.3) is 0 Å². The molecular formula is C20H27ClN4O4. The quantitative estimate of drug-likeness (QED) is 0.685. The highest BCUT2D eigenvalue weighted by molar-refractivity contribution is 6.34. The lowest BCUT2D eigenvalue weighted by molar-refractivity contribution is -0.117. The van der Waals surface area contributed by atoms with E-state index in [0.717, 1.165) is 39.3 Å². The van der Waals surface area contributed by atoms with Crippen LogP contribution in [0.4, 0.5) is 5.69 Å². The van der Waals surface area contributed by atoms with Crippen molar-refractivity contribution in [2.24, 2.45) is 0 Å². The maximum atomic E-state index is 12.6. The van der Waals surface area contributed by atoms with E-state index in [1.54, 1.807) is 12.1 Å². The molecule has 0 bridgehead atoms. The lowest BCUT2D eigenvalue weighted by Gasteiger charge is -2.29. The van der Waals surface area contributed by atoms with Gasteiger partial charge in [-0.1, -0.05) is 11.6 Å². The molecule has 8 nitrogen and oxygen atoms in total. The van der Waals surface area contributed by atoms with Crippen LogP contribution >= 0.6 is 11.6 Å². The Balaban J connectivity index is 1.57. The average Bonchev–Trinajstić information content (AvgIpc) is 2.96. The molecule has 0 spiro atoms. The molecule has 1 aromatic rings. The van der Waals surface area contributed by atoms with Crippen LogP contribution in [0.25, 0.3) is 0 Å². The second-order valence-electron chi connectivity index (χ2n) is 7.02. The summed E-state index contributed by atoms with van der Waals surface area (Å²) < 4.78 is 16.6. The Morgan fingerprint density at radius 2 is 1.90 bits per heavy atom. The van der Waals surface area contributed by atoms with Gasteiger partial charge in [-0.05, 0) is 0 Å². The second kappa shape index (κ2) is 11.2. The van der Waals surface area contributed by atoms with Crippen molar-refractivity contribution in [3.8, 4) is 17.6 Å². The molecule has 0 unspecified atom stereocenters. The first-order chi connectivity index (χ1) is 14.2. The molecule has 0 saturated carbocycles. The van der Waals surface area contributed by atoms with Gasteiger partial charge >= 0.3 is 0 Å². The molecule has 29 heavy (non-hydrogen) atoms. The number of hydrogen-bond acceptors (Lipinski definition) is 7. The van der Waals surface area contributed by atoms with E-state index in [-0.39, 0.29) is 12.5 Å². The molecule has 1 N–H and O–H groups in total. The van der Waals surface area contributed by atoms with Crippen LogP contribution in [-0.2, 0) is 9.53 Å². The Hall–Kier alpha value is -2.05. The number of benzene rings is 1. The summed E-state index contributed by atoms with van der Waals surface area (Å²) in [6, 6.07) is 5.52. The molecule has 0 aromatic heterocycles. The van der Waals surface area contributed by atoms with Gasteiger partial charge in [-0.3, -0.25) is 14.6 Å². The molecule has 1 aromatic carbocycles. The van der Waals surface area contributed by atoms with Gasteiger partial charge < -0.3 is 19.5 Å². The van der Waals surface area contributed by atoms with Crippen LogP contribution in [0.5, 0.6) is 11.5 Å². The smallest absolute Gasteiger partial charge is 0.238 e. The van der Waals surface area contributed by atoms with Crippen LogP contribution in [0, 0.1) is 11.3 Å². The van der Waals surface area contributed by atoms with Gasteiger partial charge in [0.2, 0.25) is 5.91 Å². The SMILES string of the molecule is N#CCCN(CCN1CCOCC1)CC(=O)Nc1cc2c(cc1Cl)OCCCO2. The molecule has 0 radical (unpaired) electrons. The third-order valence-corrected chi connectivity index (χ3v) is 5.17. The molecule has 0 atom stereocenters. The molecule has 1 fully saturated rings. The topological polar surface area (TPSA) is 87.1 Å². The minimum atomic E-state index is -0.179. The van der Waals surface area contributed by atoms with Crippen LogP contribution in [0.3, 0.4) is 0 Å². The molecule has 0 aliphatic carbocycles. The van der Waals surface area contributed by atoms with Crippen molar-refractivity contribution < 1.29 is 19.0 Å². The van der Waals surface area contributed by atoms with Gasteiger partial charge in [-0.2, -0.15) is 5.26 Å². The molecule has 1 saturated heterocycles. The predicted molar refractivity (Wildman–Crippen MR) is 110 cm³/mol. The number of anilines is 1. The van der Waals surface area contributed by atoms with E-state index in [1.807, 2.05) is 4.90 Å². The second-order valence-corrected chi connectivity index (χ2v) is 7.42. The van der Waals surface area contributed by atoms with Gasteiger partial charge in [0.15, 0.2) is 11.5 Å². The van der Waals surface area contributed by atoms with Crippen molar-refractivity contribution >= 4 is 23.2 Å². The van der Waals surface area contributed by atoms with Crippen molar-refractivity contribution in [2.75, 3.05) is 71.0 Å². The highest BCUT2D eigenvalue weighted by atomic mass is 35.5. The number of ether oxygens (including phenoxy) is 3. The fourth-order valence-electron chi connectivity index (χ4n) is 3.26. The molecule has 3 rings (SSSR count). The largest absolute Gasteiger partial charge is 0.490 e. The maximum absolute atomic E-state index is 12.6. The molecule has 158 valence electrons. The summed E-state index contributed by atoms with van der Waals surface area (Å²) in [5.74, 6) is 0.990. The first-order valence-electron chi connectivity index (χ1n) is 9.94. The monoisotopic (exact) mass is 422 g/mol. The summed E-state index contributed by atoms with van der Waals surface area (Å²) >= 11 is 6.32. The number of carbonyl (C=O) groups excluding carboxylic acids is 1. The Labute approximate surface area is 176 Å². The average molecular weight is 423 g/mol. The summed E-state index contributed by atoms with van der Waals surface area (Å²) in [7, 11) is 0. The van der Waals surface area contributed by atoms with E-state index in [2.05, 4.69) is 16.3 Å². The van der Waals surface area contributed by atoms with Gasteiger partial charge in [0, 0.05) is 57.7 Å². The Kier molecular flexibility index (Phi) is 8.38. The minimum Gasteiger partial charge on any atom is -0.490 e. The molecule has 1 amide bonds. The van der Waals surface area contributed by atoms with E-state index < -0.39 is 0 Å². The summed E-state index contributed by atoms with van der Waals surface area (Å²) in [4.78, 5) is 16.9. The summed E-state index contributed by atoms with van der Waals surface area (Å²) in [6.07, 6.45) is 1.17. The highest BCUT2D eigenvalue weighted by Gasteiger charge is 2.18. The first kappa shape index (κ1) is 21.7. The lowest BCUT2D eigenvalue weighted by Crippen LogP contribution is -2.43. The number of hydrogen-bond donors (Lipinski definition) is 1. The zero-order chi connectivity index (χ0) is 20.5. The normalized spacial score (nSPS) is 16.9. The molecule has 9 heteroatoms. The number of rotatable bonds is 8. The van der Waals surface area contributed by atoms with Crippen LogP contribution in [0.1, 0.15) is 12.8 Å². The number of carbonyl (C=O) groups is 1. The van der Waals surface area contributed by atoms with Crippen molar-refractivity contribution in [2.45, 2.75) is 12.8 Å². The number of nitriles is 1. The van der Waals surface area contributed by atoms with Crippen LogP contribution in [0.15, 0.2) is 12.1 Å². The minimum absolute atomic E-state index is 0.179. The van der Waals surface area contributed by atoms with Gasteiger partial charge in [0.1, 0.15) is 0 Å². The van der Waals surface area contributed by atoms with E-state index in [0.29, 0.717) is 54.9 Å². The number of morpholine rings is 1. The molecule has 2 aliphatic rings. The third kappa shape index (κ3) is 6.75. The predicted octanol–water partition coefficient (Wildman–Crippen LogP) is 1.99. The fourth-order valence-corrected chi connectivity index (χ4v) is 3.46. The van der Waals surface area contributed by atoms with Crippen molar-refractivity contribution in [1.29, 1.82) is 5.26 Å². The fraction of sp³-hybridized carbons (Fsp3) is 0.600. The number of nitrogens with zero attached hydrogens (tertiary/aromatic N) is 3. The lowest BCUT2D eigenvalue weighted by atomic mass is 10.2. The zero-order valence-electron chi connectivity index (χ0n) is 16.5. The van der Waals surface area contributed by atoms with E-state index in [4.69, 9.17) is 31.1 Å². The van der Waals surface area contributed by atoms with Crippen LogP contribution in [-0.4, -0.2) is 81.4 Å².